The van der Waals surface area contributed by atoms with Crippen LogP contribution in [0, 0.1) is 17.6 Å². The molecule has 0 bridgehead atoms. The fourth-order valence-electron chi connectivity index (χ4n) is 2.46. The van der Waals surface area contributed by atoms with Gasteiger partial charge in [-0.1, -0.05) is 26.8 Å². The summed E-state index contributed by atoms with van der Waals surface area (Å²) in [5, 5.41) is 5.14. The molecule has 0 saturated carbocycles. The van der Waals surface area contributed by atoms with Crippen LogP contribution in [0.3, 0.4) is 0 Å². The van der Waals surface area contributed by atoms with Gasteiger partial charge in [-0.25, -0.2) is 8.78 Å². The lowest BCUT2D eigenvalue weighted by atomic mass is 10.0. The summed E-state index contributed by atoms with van der Waals surface area (Å²) in [5.41, 5.74) is -0.472. The van der Waals surface area contributed by atoms with Gasteiger partial charge in [-0.15, -0.1) is 0 Å². The quantitative estimate of drug-likeness (QED) is 0.666. The predicted octanol–water partition coefficient (Wildman–Crippen LogP) is 3.17. The maximum atomic E-state index is 13.6. The molecule has 2 amide bonds. The Morgan fingerprint density at radius 2 is 1.62 bits per heavy atom. The molecule has 0 radical (unpaired) electrons. The molecule has 0 aliphatic carbocycles. The third-order valence-corrected chi connectivity index (χ3v) is 3.99. The maximum absolute atomic E-state index is 13.6. The van der Waals surface area contributed by atoms with Crippen molar-refractivity contribution < 1.29 is 18.4 Å². The summed E-state index contributed by atoms with van der Waals surface area (Å²) in [4.78, 5) is 25.8. The van der Waals surface area contributed by atoms with Crippen molar-refractivity contribution in [3.63, 3.8) is 0 Å². The van der Waals surface area contributed by atoms with Crippen molar-refractivity contribution in [3.05, 3.63) is 29.8 Å². The molecular weight excluding hydrogens is 340 g/mol. The first-order valence-electron chi connectivity index (χ1n) is 8.98. The fraction of sp³-hybridized carbons (Fsp3) is 0.579. The smallest absolute Gasteiger partial charge is 0.238 e. The van der Waals surface area contributed by atoms with Gasteiger partial charge >= 0.3 is 0 Å². The summed E-state index contributed by atoms with van der Waals surface area (Å²) in [6.07, 6.45) is 1.91. The van der Waals surface area contributed by atoms with Crippen molar-refractivity contribution in [2.24, 2.45) is 5.92 Å². The number of rotatable bonds is 10. The van der Waals surface area contributed by atoms with Gasteiger partial charge < -0.3 is 10.6 Å². The standard InChI is InChI=1S/C19H29F2N3O2/c1-5-24(11-17(25)22-14(4)10-9-13(2)3)12-18(26)23-19-15(20)7-6-8-16(19)21/h6-8,13-14H,5,9-12H2,1-4H3,(H,22,25)(H,23,26). The lowest BCUT2D eigenvalue weighted by Crippen LogP contribution is -2.43. The third kappa shape index (κ3) is 7.91. The molecule has 0 aromatic heterocycles. The van der Waals surface area contributed by atoms with Crippen LogP contribution < -0.4 is 10.6 Å². The average molecular weight is 369 g/mol. The molecule has 1 unspecified atom stereocenters. The molecule has 1 aromatic rings. The minimum absolute atomic E-state index is 0.0513. The number of amides is 2. The van der Waals surface area contributed by atoms with Gasteiger partial charge in [-0.3, -0.25) is 14.5 Å². The average Bonchev–Trinajstić information content (AvgIpc) is 2.55. The Balaban J connectivity index is 2.50. The van der Waals surface area contributed by atoms with Crippen LogP contribution >= 0.6 is 0 Å². The summed E-state index contributed by atoms with van der Waals surface area (Å²) in [6, 6.07) is 3.43. The number of benzene rings is 1. The lowest BCUT2D eigenvalue weighted by molar-refractivity contribution is -0.123. The van der Waals surface area contributed by atoms with E-state index in [2.05, 4.69) is 24.5 Å². The number of hydrogen-bond acceptors (Lipinski definition) is 3. The van der Waals surface area contributed by atoms with Crippen LogP contribution in [0.4, 0.5) is 14.5 Å². The van der Waals surface area contributed by atoms with E-state index in [0.29, 0.717) is 12.5 Å². The van der Waals surface area contributed by atoms with Gasteiger partial charge in [-0.05, 0) is 44.4 Å². The Hall–Kier alpha value is -2.02. The second kappa shape index (κ2) is 10.9. The van der Waals surface area contributed by atoms with Crippen LogP contribution in [-0.2, 0) is 9.59 Å². The maximum Gasteiger partial charge on any atom is 0.238 e. The molecule has 0 fully saturated rings. The molecule has 0 spiro atoms. The number of para-hydroxylation sites is 1. The predicted molar refractivity (Wildman–Crippen MR) is 98.8 cm³/mol. The second-order valence-corrected chi connectivity index (χ2v) is 6.89. The van der Waals surface area contributed by atoms with Gasteiger partial charge in [0.2, 0.25) is 11.8 Å². The Bertz CT molecular complexity index is 588. The first-order valence-corrected chi connectivity index (χ1v) is 8.98. The third-order valence-electron chi connectivity index (χ3n) is 3.99. The normalized spacial score (nSPS) is 12.3. The van der Waals surface area contributed by atoms with Gasteiger partial charge in [0.25, 0.3) is 0 Å². The van der Waals surface area contributed by atoms with E-state index >= 15 is 0 Å². The molecule has 5 nitrogen and oxygen atoms in total. The largest absolute Gasteiger partial charge is 0.353 e. The van der Waals surface area contributed by atoms with E-state index in [0.717, 1.165) is 25.0 Å². The minimum atomic E-state index is -0.835. The Morgan fingerprint density at radius 3 is 2.15 bits per heavy atom. The number of likely N-dealkylation sites (N-methyl/N-ethyl adjacent to an activating group) is 1. The van der Waals surface area contributed by atoms with Gasteiger partial charge in [0.15, 0.2) is 0 Å². The molecule has 2 N–H and O–H groups in total. The summed E-state index contributed by atoms with van der Waals surface area (Å²) < 4.78 is 27.2. The first kappa shape index (κ1) is 22.0. The van der Waals surface area contributed by atoms with Crippen molar-refractivity contribution in [3.8, 4) is 0 Å². The first-order chi connectivity index (χ1) is 12.2. The van der Waals surface area contributed by atoms with E-state index in [1.807, 2.05) is 13.8 Å². The number of carbonyl (C=O) groups is 2. The molecule has 0 aliphatic heterocycles. The monoisotopic (exact) mass is 369 g/mol. The van der Waals surface area contributed by atoms with Crippen LogP contribution in [-0.4, -0.2) is 42.4 Å². The zero-order chi connectivity index (χ0) is 19.7. The number of anilines is 1. The fourth-order valence-corrected chi connectivity index (χ4v) is 2.46. The molecular formula is C19H29F2N3O2. The number of halogens is 2. The Labute approximate surface area is 154 Å². The molecule has 7 heteroatoms. The summed E-state index contributed by atoms with van der Waals surface area (Å²) in [5.74, 6) is -1.84. The number of nitrogens with one attached hydrogen (secondary N) is 2. The lowest BCUT2D eigenvalue weighted by Gasteiger charge is -2.21. The molecule has 146 valence electrons. The van der Waals surface area contributed by atoms with Gasteiger partial charge in [0.1, 0.15) is 17.3 Å². The molecule has 1 atom stereocenters. The van der Waals surface area contributed by atoms with E-state index in [1.54, 1.807) is 4.90 Å². The molecule has 1 aromatic carbocycles. The van der Waals surface area contributed by atoms with Crippen LogP contribution in [0.5, 0.6) is 0 Å². The van der Waals surface area contributed by atoms with E-state index in [1.165, 1.54) is 6.07 Å². The van der Waals surface area contributed by atoms with Crippen molar-refractivity contribution in [1.82, 2.24) is 10.2 Å². The topological polar surface area (TPSA) is 61.4 Å². The molecule has 1 rings (SSSR count). The molecule has 0 aliphatic rings. The number of hydrogen-bond donors (Lipinski definition) is 2. The van der Waals surface area contributed by atoms with Gasteiger partial charge in [0.05, 0.1) is 13.1 Å². The summed E-state index contributed by atoms with van der Waals surface area (Å²) in [7, 11) is 0. The zero-order valence-electron chi connectivity index (χ0n) is 15.9. The molecule has 0 saturated heterocycles. The SMILES string of the molecule is CCN(CC(=O)Nc1c(F)cccc1F)CC(=O)NC(C)CCC(C)C. The van der Waals surface area contributed by atoms with Crippen molar-refractivity contribution in [1.29, 1.82) is 0 Å². The van der Waals surface area contributed by atoms with Crippen LogP contribution in [0.1, 0.15) is 40.5 Å². The Morgan fingerprint density at radius 1 is 1.04 bits per heavy atom. The van der Waals surface area contributed by atoms with Crippen LogP contribution in [0.15, 0.2) is 18.2 Å². The van der Waals surface area contributed by atoms with Crippen LogP contribution in [0.25, 0.3) is 0 Å². The van der Waals surface area contributed by atoms with Gasteiger partial charge in [-0.2, -0.15) is 0 Å². The number of carbonyl (C=O) groups excluding carboxylic acids is 2. The van der Waals surface area contributed by atoms with Crippen LogP contribution in [0.2, 0.25) is 0 Å². The minimum Gasteiger partial charge on any atom is -0.353 e. The van der Waals surface area contributed by atoms with Crippen molar-refractivity contribution in [2.75, 3.05) is 25.0 Å². The van der Waals surface area contributed by atoms with Crippen molar-refractivity contribution >= 4 is 17.5 Å². The van der Waals surface area contributed by atoms with E-state index in [4.69, 9.17) is 0 Å². The highest BCUT2D eigenvalue weighted by Crippen LogP contribution is 2.17. The second-order valence-electron chi connectivity index (χ2n) is 6.89. The number of nitrogens with zero attached hydrogens (tertiary/aromatic N) is 1. The zero-order valence-corrected chi connectivity index (χ0v) is 15.9. The highest BCUT2D eigenvalue weighted by atomic mass is 19.1. The van der Waals surface area contributed by atoms with Crippen molar-refractivity contribution in [2.45, 2.75) is 46.6 Å². The molecule has 26 heavy (non-hydrogen) atoms. The van der Waals surface area contributed by atoms with E-state index in [9.17, 15) is 18.4 Å². The van der Waals surface area contributed by atoms with E-state index in [-0.39, 0.29) is 25.0 Å². The molecule has 0 heterocycles. The highest BCUT2D eigenvalue weighted by molar-refractivity contribution is 5.92. The van der Waals surface area contributed by atoms with E-state index < -0.39 is 23.2 Å². The summed E-state index contributed by atoms with van der Waals surface area (Å²) in [6.45, 7) is 8.40. The highest BCUT2D eigenvalue weighted by Gasteiger charge is 2.17. The Kier molecular flexibility index (Phi) is 9.19. The summed E-state index contributed by atoms with van der Waals surface area (Å²) >= 11 is 0. The van der Waals surface area contributed by atoms with Gasteiger partial charge in [0, 0.05) is 6.04 Å².